The van der Waals surface area contributed by atoms with Crippen molar-refractivity contribution in [3.05, 3.63) is 89.0 Å². The molecule has 1 amide bonds. The van der Waals surface area contributed by atoms with Gasteiger partial charge in [0.25, 0.3) is 0 Å². The fourth-order valence-electron chi connectivity index (χ4n) is 2.80. The number of nitrogens with zero attached hydrogens (tertiary/aromatic N) is 1. The summed E-state index contributed by atoms with van der Waals surface area (Å²) in [7, 11) is 0. The zero-order valence-corrected chi connectivity index (χ0v) is 14.5. The predicted octanol–water partition coefficient (Wildman–Crippen LogP) is 5.21. The fraction of sp³-hybridized carbons (Fsp3) is 0.150. The smallest absolute Gasteiger partial charge is 0.226 e. The number of nitrogens with one attached hydrogen (secondary N) is 1. The second kappa shape index (κ2) is 7.53. The first kappa shape index (κ1) is 17.2. The van der Waals surface area contributed by atoms with Gasteiger partial charge in [0.2, 0.25) is 5.91 Å². The van der Waals surface area contributed by atoms with Crippen molar-refractivity contribution >= 4 is 23.2 Å². The Balaban J connectivity index is 1.82. The Kier molecular flexibility index (Phi) is 5.19. The van der Waals surface area contributed by atoms with Crippen LogP contribution in [0.25, 0.3) is 0 Å². The molecule has 1 atom stereocenters. The molecule has 1 N–H and O–H groups in total. The summed E-state index contributed by atoms with van der Waals surface area (Å²) in [4.78, 5) is 12.5. The maximum absolute atomic E-state index is 13.1. The monoisotopic (exact) mass is 356 g/mol. The van der Waals surface area contributed by atoms with Crippen LogP contribution in [0, 0.1) is 12.7 Å². The maximum atomic E-state index is 13.1. The fourth-order valence-corrected chi connectivity index (χ4v) is 3.01. The standard InChI is InChI=1S/C20H18ClFN2O/c1-14-5-4-6-15(11-14)19(24-9-2-3-10-24)13-20(25)23-18-8-7-16(22)12-17(18)21/h2-12,19H,13H2,1H3,(H,23,25)/t19-/m1/s1. The van der Waals surface area contributed by atoms with Gasteiger partial charge in [0, 0.05) is 12.4 Å². The number of halogens is 2. The van der Waals surface area contributed by atoms with Gasteiger partial charge in [-0.15, -0.1) is 0 Å². The number of carbonyl (C=O) groups excluding carboxylic acids is 1. The van der Waals surface area contributed by atoms with Gasteiger partial charge in [-0.25, -0.2) is 4.39 Å². The quantitative estimate of drug-likeness (QED) is 0.669. The second-order valence-corrected chi connectivity index (χ2v) is 6.34. The Hall–Kier alpha value is -2.59. The number of benzene rings is 2. The summed E-state index contributed by atoms with van der Waals surface area (Å²) < 4.78 is 15.1. The van der Waals surface area contributed by atoms with Crippen molar-refractivity contribution < 1.29 is 9.18 Å². The van der Waals surface area contributed by atoms with Crippen LogP contribution in [0.15, 0.2) is 67.0 Å². The summed E-state index contributed by atoms with van der Waals surface area (Å²) in [5.41, 5.74) is 2.59. The van der Waals surface area contributed by atoms with Crippen LogP contribution >= 0.6 is 11.6 Å². The van der Waals surface area contributed by atoms with Gasteiger partial charge in [0.1, 0.15) is 5.82 Å². The molecule has 0 bridgehead atoms. The third-order valence-electron chi connectivity index (χ3n) is 4.00. The summed E-state index contributed by atoms with van der Waals surface area (Å²) in [6.07, 6.45) is 4.11. The van der Waals surface area contributed by atoms with Gasteiger partial charge >= 0.3 is 0 Å². The number of carbonyl (C=O) groups is 1. The Morgan fingerprint density at radius 3 is 2.60 bits per heavy atom. The second-order valence-electron chi connectivity index (χ2n) is 5.94. The van der Waals surface area contributed by atoms with Crippen molar-refractivity contribution in [1.29, 1.82) is 0 Å². The summed E-state index contributed by atoms with van der Waals surface area (Å²) in [6.45, 7) is 2.02. The molecule has 0 aliphatic carbocycles. The molecule has 1 aromatic heterocycles. The first-order valence-electron chi connectivity index (χ1n) is 7.97. The minimum absolute atomic E-state index is 0.130. The molecule has 3 aromatic rings. The van der Waals surface area contributed by atoms with Crippen molar-refractivity contribution in [2.24, 2.45) is 0 Å². The van der Waals surface area contributed by atoms with Crippen LogP contribution in [0.5, 0.6) is 0 Å². The van der Waals surface area contributed by atoms with Crippen LogP contribution in [0.4, 0.5) is 10.1 Å². The third kappa shape index (κ3) is 4.28. The molecule has 2 aromatic carbocycles. The van der Waals surface area contributed by atoms with Crippen LogP contribution < -0.4 is 5.32 Å². The van der Waals surface area contributed by atoms with E-state index in [-0.39, 0.29) is 23.4 Å². The van der Waals surface area contributed by atoms with E-state index in [1.165, 1.54) is 18.2 Å². The van der Waals surface area contributed by atoms with E-state index < -0.39 is 5.82 Å². The minimum atomic E-state index is -0.437. The minimum Gasteiger partial charge on any atom is -0.346 e. The van der Waals surface area contributed by atoms with Crippen molar-refractivity contribution in [3.8, 4) is 0 Å². The molecule has 0 aliphatic heterocycles. The molecule has 128 valence electrons. The molecule has 0 fully saturated rings. The number of rotatable bonds is 5. The number of hydrogen-bond acceptors (Lipinski definition) is 1. The van der Waals surface area contributed by atoms with Crippen molar-refractivity contribution in [1.82, 2.24) is 4.57 Å². The number of amides is 1. The van der Waals surface area contributed by atoms with Gasteiger partial charge in [0.15, 0.2) is 0 Å². The third-order valence-corrected chi connectivity index (χ3v) is 4.31. The molecule has 0 unspecified atom stereocenters. The highest BCUT2D eigenvalue weighted by molar-refractivity contribution is 6.33. The van der Waals surface area contributed by atoms with Gasteiger partial charge in [-0.05, 0) is 42.8 Å². The SMILES string of the molecule is Cc1cccc([C@@H](CC(=O)Nc2ccc(F)cc2Cl)n2cccc2)c1. The number of hydrogen-bond donors (Lipinski definition) is 1. The Bertz CT molecular complexity index is 877. The molecule has 25 heavy (non-hydrogen) atoms. The highest BCUT2D eigenvalue weighted by atomic mass is 35.5. The molecule has 0 radical (unpaired) electrons. The Morgan fingerprint density at radius 1 is 1.16 bits per heavy atom. The molecular formula is C20H18ClFN2O. The predicted molar refractivity (Wildman–Crippen MR) is 98.4 cm³/mol. The van der Waals surface area contributed by atoms with Crippen molar-refractivity contribution in [2.75, 3.05) is 5.32 Å². The van der Waals surface area contributed by atoms with E-state index in [0.29, 0.717) is 5.69 Å². The van der Waals surface area contributed by atoms with Gasteiger partial charge in [-0.3, -0.25) is 4.79 Å². The van der Waals surface area contributed by atoms with Crippen LogP contribution in [0.2, 0.25) is 5.02 Å². The van der Waals surface area contributed by atoms with E-state index in [4.69, 9.17) is 11.6 Å². The largest absolute Gasteiger partial charge is 0.346 e. The molecule has 0 aliphatic rings. The lowest BCUT2D eigenvalue weighted by Crippen LogP contribution is -2.20. The first-order chi connectivity index (χ1) is 12.0. The number of anilines is 1. The van der Waals surface area contributed by atoms with E-state index in [1.807, 2.05) is 54.2 Å². The summed E-state index contributed by atoms with van der Waals surface area (Å²) in [5.74, 6) is -0.623. The topological polar surface area (TPSA) is 34.0 Å². The molecular weight excluding hydrogens is 339 g/mol. The normalized spacial score (nSPS) is 12.0. The van der Waals surface area contributed by atoms with Crippen LogP contribution in [0.1, 0.15) is 23.6 Å². The first-order valence-corrected chi connectivity index (χ1v) is 8.34. The molecule has 0 saturated carbocycles. The summed E-state index contributed by atoms with van der Waals surface area (Å²) in [5, 5.41) is 2.95. The van der Waals surface area contributed by atoms with Crippen LogP contribution in [0.3, 0.4) is 0 Å². The molecule has 0 saturated heterocycles. The van der Waals surface area contributed by atoms with E-state index in [0.717, 1.165) is 11.1 Å². The lowest BCUT2D eigenvalue weighted by atomic mass is 10.0. The highest BCUT2D eigenvalue weighted by Crippen LogP contribution is 2.26. The van der Waals surface area contributed by atoms with Gasteiger partial charge in [0.05, 0.1) is 23.2 Å². The summed E-state index contributed by atoms with van der Waals surface area (Å²) >= 11 is 5.99. The van der Waals surface area contributed by atoms with Gasteiger partial charge in [-0.2, -0.15) is 0 Å². The molecule has 0 spiro atoms. The van der Waals surface area contributed by atoms with E-state index in [1.54, 1.807) is 0 Å². The Labute approximate surface area is 151 Å². The number of aryl methyl sites for hydroxylation is 1. The lowest BCUT2D eigenvalue weighted by molar-refractivity contribution is -0.116. The zero-order valence-electron chi connectivity index (χ0n) is 13.7. The molecule has 5 heteroatoms. The molecule has 3 nitrogen and oxygen atoms in total. The van der Waals surface area contributed by atoms with Gasteiger partial charge in [-0.1, -0.05) is 41.4 Å². The molecule has 1 heterocycles. The lowest BCUT2D eigenvalue weighted by Gasteiger charge is -2.20. The van der Waals surface area contributed by atoms with E-state index in [2.05, 4.69) is 11.4 Å². The Morgan fingerprint density at radius 2 is 1.92 bits per heavy atom. The average Bonchev–Trinajstić information content (AvgIpc) is 3.09. The zero-order chi connectivity index (χ0) is 17.8. The van der Waals surface area contributed by atoms with E-state index in [9.17, 15) is 9.18 Å². The maximum Gasteiger partial charge on any atom is 0.226 e. The number of aromatic nitrogens is 1. The van der Waals surface area contributed by atoms with Crippen molar-refractivity contribution in [3.63, 3.8) is 0 Å². The van der Waals surface area contributed by atoms with E-state index >= 15 is 0 Å². The van der Waals surface area contributed by atoms with Crippen LogP contribution in [-0.4, -0.2) is 10.5 Å². The summed E-state index contributed by atoms with van der Waals surface area (Å²) in [6, 6.07) is 15.7. The average molecular weight is 357 g/mol. The highest BCUT2D eigenvalue weighted by Gasteiger charge is 2.18. The molecule has 3 rings (SSSR count). The van der Waals surface area contributed by atoms with Crippen molar-refractivity contribution in [2.45, 2.75) is 19.4 Å². The van der Waals surface area contributed by atoms with Gasteiger partial charge < -0.3 is 9.88 Å². The van der Waals surface area contributed by atoms with Crippen LogP contribution in [-0.2, 0) is 4.79 Å².